The summed E-state index contributed by atoms with van der Waals surface area (Å²) in [5.41, 5.74) is -0.531. The summed E-state index contributed by atoms with van der Waals surface area (Å²) >= 11 is 0. The third-order valence-electron chi connectivity index (χ3n) is 3.04. The van der Waals surface area contributed by atoms with E-state index in [9.17, 15) is 0 Å². The molecular formula is C14H12O3. The quantitative estimate of drug-likeness (QED) is 0.684. The monoisotopic (exact) mass is 228 g/mol. The van der Waals surface area contributed by atoms with Crippen LogP contribution in [0.5, 0.6) is 0 Å². The molecule has 0 aliphatic heterocycles. The Hall–Kier alpha value is -2.16. The van der Waals surface area contributed by atoms with E-state index < -0.39 is 5.41 Å². The van der Waals surface area contributed by atoms with Crippen LogP contribution in [0.25, 0.3) is 0 Å². The Morgan fingerprint density at radius 1 is 0.706 bits per heavy atom. The van der Waals surface area contributed by atoms with Crippen LogP contribution in [0, 0.1) is 0 Å². The van der Waals surface area contributed by atoms with Crippen molar-refractivity contribution >= 4 is 0 Å². The summed E-state index contributed by atoms with van der Waals surface area (Å²) < 4.78 is 16.6. The van der Waals surface area contributed by atoms with Crippen molar-refractivity contribution in [3.63, 3.8) is 0 Å². The first kappa shape index (κ1) is 10.0. The smallest absolute Gasteiger partial charge is 0.141 e. The molecule has 86 valence electrons. The van der Waals surface area contributed by atoms with E-state index in [1.165, 1.54) is 0 Å². The third-order valence-corrected chi connectivity index (χ3v) is 3.04. The van der Waals surface area contributed by atoms with Crippen LogP contribution in [0.1, 0.15) is 24.2 Å². The van der Waals surface area contributed by atoms with Crippen molar-refractivity contribution in [3.8, 4) is 0 Å². The van der Waals surface area contributed by atoms with Gasteiger partial charge in [-0.2, -0.15) is 0 Å². The lowest BCUT2D eigenvalue weighted by Crippen LogP contribution is -2.23. The van der Waals surface area contributed by atoms with Crippen LogP contribution >= 0.6 is 0 Å². The zero-order chi connectivity index (χ0) is 11.7. The average Bonchev–Trinajstić information content (AvgIpc) is 3.10. The molecule has 3 aromatic heterocycles. The van der Waals surface area contributed by atoms with Crippen LogP contribution in [0.3, 0.4) is 0 Å². The van der Waals surface area contributed by atoms with Crippen molar-refractivity contribution in [1.29, 1.82) is 0 Å². The van der Waals surface area contributed by atoms with E-state index in [0.717, 1.165) is 17.3 Å². The maximum atomic E-state index is 5.53. The first-order chi connectivity index (χ1) is 8.32. The molecule has 0 spiro atoms. The molecule has 17 heavy (non-hydrogen) atoms. The standard InChI is InChI=1S/C14H12O3/c1-14(11-5-2-8-15-11,12-6-3-9-16-12)13-7-4-10-17-13/h2-10H,1H3. The lowest BCUT2D eigenvalue weighted by Gasteiger charge is -2.22. The summed E-state index contributed by atoms with van der Waals surface area (Å²) in [7, 11) is 0. The highest BCUT2D eigenvalue weighted by Crippen LogP contribution is 2.39. The fourth-order valence-corrected chi connectivity index (χ4v) is 2.05. The predicted octanol–water partition coefficient (Wildman–Crippen LogP) is 3.82. The van der Waals surface area contributed by atoms with Crippen molar-refractivity contribution < 1.29 is 13.3 Å². The molecule has 0 N–H and O–H groups in total. The lowest BCUT2D eigenvalue weighted by molar-refractivity contribution is 0.334. The molecule has 0 saturated carbocycles. The van der Waals surface area contributed by atoms with Gasteiger partial charge in [-0.25, -0.2) is 0 Å². The molecule has 0 aliphatic carbocycles. The van der Waals surface area contributed by atoms with Gasteiger partial charge >= 0.3 is 0 Å². The van der Waals surface area contributed by atoms with Crippen molar-refractivity contribution in [3.05, 3.63) is 72.5 Å². The minimum atomic E-state index is -0.531. The Kier molecular flexibility index (Phi) is 2.18. The SMILES string of the molecule is CC(c1ccco1)(c1ccco1)c1ccco1. The molecule has 3 heteroatoms. The maximum Gasteiger partial charge on any atom is 0.141 e. The molecule has 0 bridgehead atoms. The molecule has 0 atom stereocenters. The van der Waals surface area contributed by atoms with E-state index >= 15 is 0 Å². The van der Waals surface area contributed by atoms with Crippen LogP contribution in [0.15, 0.2) is 68.4 Å². The normalized spacial score (nSPS) is 11.8. The molecule has 0 amide bonds. The second kappa shape index (κ2) is 3.70. The van der Waals surface area contributed by atoms with E-state index in [2.05, 4.69) is 0 Å². The van der Waals surface area contributed by atoms with E-state index in [-0.39, 0.29) is 0 Å². The van der Waals surface area contributed by atoms with Crippen LogP contribution in [-0.2, 0) is 5.41 Å². The van der Waals surface area contributed by atoms with Gasteiger partial charge < -0.3 is 13.3 Å². The van der Waals surface area contributed by atoms with Crippen molar-refractivity contribution in [2.24, 2.45) is 0 Å². The zero-order valence-corrected chi connectivity index (χ0v) is 9.42. The molecule has 3 nitrogen and oxygen atoms in total. The summed E-state index contributed by atoms with van der Waals surface area (Å²) in [6, 6.07) is 11.3. The number of hydrogen-bond acceptors (Lipinski definition) is 3. The van der Waals surface area contributed by atoms with Gasteiger partial charge in [-0.05, 0) is 43.3 Å². The van der Waals surface area contributed by atoms with Gasteiger partial charge in [-0.15, -0.1) is 0 Å². The molecule has 0 fully saturated rings. The van der Waals surface area contributed by atoms with Gasteiger partial charge in [0, 0.05) is 0 Å². The van der Waals surface area contributed by atoms with E-state index in [1.807, 2.05) is 43.3 Å². The zero-order valence-electron chi connectivity index (χ0n) is 9.42. The van der Waals surface area contributed by atoms with Gasteiger partial charge in [0.15, 0.2) is 0 Å². The minimum absolute atomic E-state index is 0.531. The first-order valence-electron chi connectivity index (χ1n) is 5.44. The minimum Gasteiger partial charge on any atom is -0.468 e. The third kappa shape index (κ3) is 1.43. The Bertz CT molecular complexity index is 475. The maximum absolute atomic E-state index is 5.53. The van der Waals surface area contributed by atoms with Crippen molar-refractivity contribution in [2.75, 3.05) is 0 Å². The Morgan fingerprint density at radius 3 is 1.29 bits per heavy atom. The number of furan rings is 3. The molecular weight excluding hydrogens is 216 g/mol. The largest absolute Gasteiger partial charge is 0.468 e. The highest BCUT2D eigenvalue weighted by atomic mass is 16.4. The lowest BCUT2D eigenvalue weighted by atomic mass is 9.82. The van der Waals surface area contributed by atoms with E-state index in [4.69, 9.17) is 13.3 Å². The van der Waals surface area contributed by atoms with Gasteiger partial charge in [0.25, 0.3) is 0 Å². The summed E-state index contributed by atoms with van der Waals surface area (Å²) in [5, 5.41) is 0. The summed E-state index contributed by atoms with van der Waals surface area (Å²) in [4.78, 5) is 0. The van der Waals surface area contributed by atoms with Gasteiger partial charge in [-0.3, -0.25) is 0 Å². The average molecular weight is 228 g/mol. The van der Waals surface area contributed by atoms with Gasteiger partial charge in [0.2, 0.25) is 0 Å². The molecule has 0 aliphatic rings. The fourth-order valence-electron chi connectivity index (χ4n) is 2.05. The van der Waals surface area contributed by atoms with E-state index in [1.54, 1.807) is 18.8 Å². The molecule has 3 heterocycles. The first-order valence-corrected chi connectivity index (χ1v) is 5.44. The van der Waals surface area contributed by atoms with Gasteiger partial charge in [0.05, 0.1) is 18.8 Å². The van der Waals surface area contributed by atoms with Crippen LogP contribution < -0.4 is 0 Å². The summed E-state index contributed by atoms with van der Waals surface area (Å²) in [6.07, 6.45) is 4.96. The molecule has 0 radical (unpaired) electrons. The Labute approximate surface area is 98.7 Å². The second-order valence-corrected chi connectivity index (χ2v) is 4.06. The summed E-state index contributed by atoms with van der Waals surface area (Å²) in [5.74, 6) is 2.38. The second-order valence-electron chi connectivity index (χ2n) is 4.06. The number of hydrogen-bond donors (Lipinski definition) is 0. The Balaban J connectivity index is 2.21. The van der Waals surface area contributed by atoms with Crippen LogP contribution in [-0.4, -0.2) is 0 Å². The molecule has 3 aromatic rings. The molecule has 0 aromatic carbocycles. The highest BCUT2D eigenvalue weighted by molar-refractivity contribution is 5.37. The van der Waals surface area contributed by atoms with E-state index in [0.29, 0.717) is 0 Å². The molecule has 3 rings (SSSR count). The molecule has 0 unspecified atom stereocenters. The van der Waals surface area contributed by atoms with Crippen molar-refractivity contribution in [2.45, 2.75) is 12.3 Å². The van der Waals surface area contributed by atoms with Crippen LogP contribution in [0.4, 0.5) is 0 Å². The Morgan fingerprint density at radius 2 is 1.06 bits per heavy atom. The topological polar surface area (TPSA) is 39.4 Å². The van der Waals surface area contributed by atoms with Crippen LogP contribution in [0.2, 0.25) is 0 Å². The van der Waals surface area contributed by atoms with Crippen molar-refractivity contribution in [1.82, 2.24) is 0 Å². The highest BCUT2D eigenvalue weighted by Gasteiger charge is 2.39. The van der Waals surface area contributed by atoms with Gasteiger partial charge in [0.1, 0.15) is 22.7 Å². The fraction of sp³-hybridized carbons (Fsp3) is 0.143. The molecule has 0 saturated heterocycles. The van der Waals surface area contributed by atoms with Gasteiger partial charge in [-0.1, -0.05) is 0 Å². The summed E-state index contributed by atoms with van der Waals surface area (Å²) in [6.45, 7) is 2.02. The predicted molar refractivity (Wildman–Crippen MR) is 61.7 cm³/mol. The number of rotatable bonds is 3.